The van der Waals surface area contributed by atoms with Crippen molar-refractivity contribution >= 4 is 17.3 Å². The van der Waals surface area contributed by atoms with Gasteiger partial charge in [-0.2, -0.15) is 0 Å². The number of nitro groups is 1. The van der Waals surface area contributed by atoms with Crippen molar-refractivity contribution in [3.05, 3.63) is 34.4 Å². The molecule has 0 aromatic heterocycles. The van der Waals surface area contributed by atoms with E-state index in [0.717, 1.165) is 31.8 Å². The Morgan fingerprint density at radius 1 is 0.963 bits per heavy atom. The molecule has 0 N–H and O–H groups in total. The van der Waals surface area contributed by atoms with Gasteiger partial charge in [-0.05, 0) is 43.6 Å². The number of carbonyl (C=O) groups is 1. The molecular weight excluding hydrogens is 342 g/mol. The van der Waals surface area contributed by atoms with Gasteiger partial charge in [0.2, 0.25) is 5.91 Å². The number of carbonyl (C=O) groups excluding carboxylic acids is 1. The van der Waals surface area contributed by atoms with Gasteiger partial charge in [-0.3, -0.25) is 14.9 Å². The van der Waals surface area contributed by atoms with Crippen molar-refractivity contribution in [3.8, 4) is 0 Å². The van der Waals surface area contributed by atoms with Crippen molar-refractivity contribution in [1.29, 1.82) is 0 Å². The van der Waals surface area contributed by atoms with E-state index in [0.29, 0.717) is 30.6 Å². The van der Waals surface area contributed by atoms with Gasteiger partial charge in [0.15, 0.2) is 0 Å². The number of rotatable bonds is 3. The molecule has 1 saturated carbocycles. The summed E-state index contributed by atoms with van der Waals surface area (Å²) in [6, 6.07) is 6.91. The number of nitro benzene ring substituents is 1. The summed E-state index contributed by atoms with van der Waals surface area (Å²) in [5.41, 5.74) is 0.832. The van der Waals surface area contributed by atoms with Crippen LogP contribution in [0.15, 0.2) is 24.3 Å². The highest BCUT2D eigenvalue weighted by molar-refractivity contribution is 5.79. The number of amides is 1. The second-order valence-electron chi connectivity index (χ2n) is 8.38. The summed E-state index contributed by atoms with van der Waals surface area (Å²) in [6.45, 7) is 3.29. The van der Waals surface area contributed by atoms with Crippen LogP contribution in [-0.2, 0) is 4.79 Å². The van der Waals surface area contributed by atoms with Gasteiger partial charge in [0.1, 0.15) is 5.69 Å². The first-order valence-corrected chi connectivity index (χ1v) is 10.4. The maximum Gasteiger partial charge on any atom is 0.292 e. The second-order valence-corrected chi connectivity index (χ2v) is 8.38. The number of fused-ring (bicyclic) bond motifs is 1. The van der Waals surface area contributed by atoms with Gasteiger partial charge in [0.25, 0.3) is 5.69 Å². The molecule has 0 bridgehead atoms. The minimum absolute atomic E-state index is 0.0733. The van der Waals surface area contributed by atoms with E-state index >= 15 is 0 Å². The molecule has 0 spiro atoms. The maximum absolute atomic E-state index is 13.0. The van der Waals surface area contributed by atoms with E-state index in [1.807, 2.05) is 12.1 Å². The van der Waals surface area contributed by atoms with E-state index in [2.05, 4.69) is 9.80 Å². The quantitative estimate of drug-likeness (QED) is 0.598. The van der Waals surface area contributed by atoms with Crippen LogP contribution in [0.1, 0.15) is 44.9 Å². The van der Waals surface area contributed by atoms with Gasteiger partial charge in [-0.15, -0.1) is 0 Å². The third-order valence-corrected chi connectivity index (χ3v) is 6.87. The number of piperidine rings is 2. The van der Waals surface area contributed by atoms with Gasteiger partial charge in [-0.1, -0.05) is 31.4 Å². The third-order valence-electron chi connectivity index (χ3n) is 6.87. The standard InChI is InChI=1S/C21H29N3O3/c25-21(23-14-9-16-5-1-2-6-18(16)15-23)17-10-12-22(13-11-17)19-7-3-4-8-20(19)24(26)27/h3-4,7-8,16-18H,1-2,5-6,9-15H2/t16-,18-/m0/s1. The summed E-state index contributed by atoms with van der Waals surface area (Å²) < 4.78 is 0. The molecule has 0 unspecified atom stereocenters. The first-order chi connectivity index (χ1) is 13.1. The molecule has 0 radical (unpaired) electrons. The Balaban J connectivity index is 1.35. The van der Waals surface area contributed by atoms with Crippen molar-refractivity contribution in [2.75, 3.05) is 31.1 Å². The number of anilines is 1. The van der Waals surface area contributed by atoms with Gasteiger partial charge < -0.3 is 9.80 Å². The normalized spacial score (nSPS) is 26.5. The van der Waals surface area contributed by atoms with Crippen molar-refractivity contribution < 1.29 is 9.72 Å². The number of hydrogen-bond acceptors (Lipinski definition) is 4. The molecule has 2 atom stereocenters. The fourth-order valence-corrected chi connectivity index (χ4v) is 5.31. The van der Waals surface area contributed by atoms with Crippen molar-refractivity contribution in [1.82, 2.24) is 4.90 Å². The number of para-hydroxylation sites is 2. The van der Waals surface area contributed by atoms with Crippen molar-refractivity contribution in [3.63, 3.8) is 0 Å². The monoisotopic (exact) mass is 371 g/mol. The summed E-state index contributed by atoms with van der Waals surface area (Å²) in [4.78, 5) is 28.2. The molecule has 2 aliphatic heterocycles. The zero-order chi connectivity index (χ0) is 18.8. The molecule has 3 fully saturated rings. The van der Waals surface area contributed by atoms with Crippen LogP contribution >= 0.6 is 0 Å². The van der Waals surface area contributed by atoms with Crippen LogP contribution < -0.4 is 4.90 Å². The Bertz CT molecular complexity index is 700. The van der Waals surface area contributed by atoms with Gasteiger partial charge in [0.05, 0.1) is 4.92 Å². The third kappa shape index (κ3) is 3.80. The zero-order valence-corrected chi connectivity index (χ0v) is 15.9. The van der Waals surface area contributed by atoms with Crippen LogP contribution in [0.5, 0.6) is 0 Å². The topological polar surface area (TPSA) is 66.7 Å². The average Bonchev–Trinajstić information content (AvgIpc) is 2.73. The predicted octanol–water partition coefficient (Wildman–Crippen LogP) is 3.85. The average molecular weight is 371 g/mol. The SMILES string of the molecule is O=C(C1CCN(c2ccccc2[N+](=O)[O-])CC1)N1CC[C@@H]2CCCC[C@H]2C1. The van der Waals surface area contributed by atoms with Crippen LogP contribution in [0.2, 0.25) is 0 Å². The smallest absolute Gasteiger partial charge is 0.292 e. The largest absolute Gasteiger partial charge is 0.366 e. The maximum atomic E-state index is 13.0. The van der Waals surface area contributed by atoms with Crippen LogP contribution in [0.3, 0.4) is 0 Å². The van der Waals surface area contributed by atoms with E-state index in [-0.39, 0.29) is 16.5 Å². The number of likely N-dealkylation sites (tertiary alicyclic amines) is 1. The minimum Gasteiger partial charge on any atom is -0.366 e. The molecule has 1 amide bonds. The van der Waals surface area contributed by atoms with E-state index in [1.165, 1.54) is 32.1 Å². The molecule has 146 valence electrons. The first kappa shape index (κ1) is 18.3. The lowest BCUT2D eigenvalue weighted by molar-refractivity contribution is -0.384. The molecule has 2 heterocycles. The highest BCUT2D eigenvalue weighted by atomic mass is 16.6. The molecule has 3 aliphatic rings. The summed E-state index contributed by atoms with van der Waals surface area (Å²) in [5, 5.41) is 11.3. The Morgan fingerprint density at radius 3 is 2.41 bits per heavy atom. The lowest BCUT2D eigenvalue weighted by Gasteiger charge is -2.43. The number of nitrogens with zero attached hydrogens (tertiary/aromatic N) is 3. The molecule has 27 heavy (non-hydrogen) atoms. The Hall–Kier alpha value is -2.11. The van der Waals surface area contributed by atoms with Crippen LogP contribution in [0.25, 0.3) is 0 Å². The van der Waals surface area contributed by atoms with Crippen molar-refractivity contribution in [2.45, 2.75) is 44.9 Å². The van der Waals surface area contributed by atoms with E-state index in [4.69, 9.17) is 0 Å². The second kappa shape index (κ2) is 7.87. The Kier molecular flexibility index (Phi) is 5.32. The highest BCUT2D eigenvalue weighted by Crippen LogP contribution is 2.37. The lowest BCUT2D eigenvalue weighted by Crippen LogP contribution is -2.49. The van der Waals surface area contributed by atoms with E-state index in [9.17, 15) is 14.9 Å². The van der Waals surface area contributed by atoms with E-state index < -0.39 is 0 Å². The molecule has 6 nitrogen and oxygen atoms in total. The molecule has 2 saturated heterocycles. The van der Waals surface area contributed by atoms with Crippen molar-refractivity contribution in [2.24, 2.45) is 17.8 Å². The van der Waals surface area contributed by atoms with Gasteiger partial charge in [0, 0.05) is 38.2 Å². The summed E-state index contributed by atoms with van der Waals surface area (Å²) in [7, 11) is 0. The van der Waals surface area contributed by atoms with Gasteiger partial charge in [-0.25, -0.2) is 0 Å². The fraction of sp³-hybridized carbons (Fsp3) is 0.667. The van der Waals surface area contributed by atoms with Crippen LogP contribution in [0.4, 0.5) is 11.4 Å². The predicted molar refractivity (Wildman–Crippen MR) is 105 cm³/mol. The first-order valence-electron chi connectivity index (χ1n) is 10.4. The molecule has 1 aromatic rings. The summed E-state index contributed by atoms with van der Waals surface area (Å²) in [5.74, 6) is 1.94. The molecule has 4 rings (SSSR count). The molecule has 1 aromatic carbocycles. The minimum atomic E-state index is -0.319. The summed E-state index contributed by atoms with van der Waals surface area (Å²) >= 11 is 0. The molecule has 1 aliphatic carbocycles. The summed E-state index contributed by atoms with van der Waals surface area (Å²) in [6.07, 6.45) is 8.05. The van der Waals surface area contributed by atoms with E-state index in [1.54, 1.807) is 12.1 Å². The Morgan fingerprint density at radius 2 is 1.67 bits per heavy atom. The van der Waals surface area contributed by atoms with Crippen LogP contribution in [0, 0.1) is 27.9 Å². The fourth-order valence-electron chi connectivity index (χ4n) is 5.31. The van der Waals surface area contributed by atoms with Crippen LogP contribution in [-0.4, -0.2) is 41.9 Å². The lowest BCUT2D eigenvalue weighted by atomic mass is 9.75. The van der Waals surface area contributed by atoms with Gasteiger partial charge >= 0.3 is 0 Å². The Labute approximate surface area is 160 Å². The molecular formula is C21H29N3O3. The molecule has 6 heteroatoms. The number of benzene rings is 1. The highest BCUT2D eigenvalue weighted by Gasteiger charge is 2.36. The zero-order valence-electron chi connectivity index (χ0n) is 15.9. The number of hydrogen-bond donors (Lipinski definition) is 0.